The summed E-state index contributed by atoms with van der Waals surface area (Å²) in [5.41, 5.74) is 2.55. The van der Waals surface area contributed by atoms with Crippen LogP contribution >= 0.6 is 0 Å². The van der Waals surface area contributed by atoms with E-state index in [1.807, 2.05) is 31.2 Å². The van der Waals surface area contributed by atoms with E-state index in [9.17, 15) is 13.2 Å². The maximum Gasteiger partial charge on any atom is 0.232 e. The van der Waals surface area contributed by atoms with Gasteiger partial charge in [-0.2, -0.15) is 0 Å². The zero-order valence-corrected chi connectivity index (χ0v) is 14.6. The molecule has 1 N–H and O–H groups in total. The van der Waals surface area contributed by atoms with Gasteiger partial charge in [0, 0.05) is 31.9 Å². The van der Waals surface area contributed by atoms with Crippen LogP contribution in [0.25, 0.3) is 0 Å². The molecule has 1 amide bonds. The van der Waals surface area contributed by atoms with Crippen LogP contribution < -0.4 is 9.62 Å². The smallest absolute Gasteiger partial charge is 0.232 e. The Hall–Kier alpha value is -2.41. The molecule has 0 unspecified atom stereocenters. The lowest BCUT2D eigenvalue weighted by Crippen LogP contribution is -2.34. The molecular weight excluding hydrogens is 326 g/mol. The van der Waals surface area contributed by atoms with Gasteiger partial charge in [0.15, 0.2) is 0 Å². The number of nitrogens with zero attached hydrogens (tertiary/aromatic N) is 2. The first-order valence-electron chi connectivity index (χ1n) is 7.56. The van der Waals surface area contributed by atoms with Gasteiger partial charge in [-0.1, -0.05) is 17.7 Å². The fourth-order valence-corrected chi connectivity index (χ4v) is 3.12. The van der Waals surface area contributed by atoms with Gasteiger partial charge in [-0.05, 0) is 36.8 Å². The number of rotatable bonds is 7. The second kappa shape index (κ2) is 7.92. The minimum absolute atomic E-state index is 0.0893. The normalized spacial score (nSPS) is 11.1. The molecule has 2 aromatic rings. The van der Waals surface area contributed by atoms with E-state index >= 15 is 0 Å². The molecule has 0 spiro atoms. The highest BCUT2D eigenvalue weighted by atomic mass is 32.2. The quantitative estimate of drug-likeness (QED) is 0.829. The minimum Gasteiger partial charge on any atom is -0.352 e. The maximum atomic E-state index is 12.0. The monoisotopic (exact) mass is 347 g/mol. The summed E-state index contributed by atoms with van der Waals surface area (Å²) in [6.07, 6.45) is 4.54. The molecule has 0 radical (unpaired) electrons. The molecule has 2 rings (SSSR count). The van der Waals surface area contributed by atoms with Crippen molar-refractivity contribution in [3.05, 3.63) is 59.9 Å². The number of aryl methyl sites for hydroxylation is 1. The van der Waals surface area contributed by atoms with Crippen molar-refractivity contribution in [1.82, 2.24) is 10.3 Å². The van der Waals surface area contributed by atoms with Gasteiger partial charge in [0.1, 0.15) is 0 Å². The number of amides is 1. The van der Waals surface area contributed by atoms with E-state index < -0.39 is 10.0 Å². The van der Waals surface area contributed by atoms with Crippen molar-refractivity contribution >= 4 is 21.6 Å². The standard InChI is InChI=1S/C17H21N3O3S/c1-14-3-5-16(6-4-14)20(24(2,22)23)12-9-17(21)19-13-15-7-10-18-11-8-15/h3-8,10-11H,9,12-13H2,1-2H3,(H,19,21). The molecule has 0 saturated heterocycles. The van der Waals surface area contributed by atoms with Gasteiger partial charge in [-0.25, -0.2) is 8.42 Å². The molecule has 0 fully saturated rings. The summed E-state index contributed by atoms with van der Waals surface area (Å²) in [4.78, 5) is 15.9. The van der Waals surface area contributed by atoms with Crippen LogP contribution in [0.15, 0.2) is 48.8 Å². The summed E-state index contributed by atoms with van der Waals surface area (Å²) in [6, 6.07) is 10.8. The molecule has 1 heterocycles. The average molecular weight is 347 g/mol. The number of hydrogen-bond acceptors (Lipinski definition) is 4. The number of pyridine rings is 1. The van der Waals surface area contributed by atoms with E-state index in [1.165, 1.54) is 4.31 Å². The highest BCUT2D eigenvalue weighted by Gasteiger charge is 2.18. The van der Waals surface area contributed by atoms with Crippen LogP contribution in [0.3, 0.4) is 0 Å². The van der Waals surface area contributed by atoms with Gasteiger partial charge in [0.2, 0.25) is 15.9 Å². The first-order chi connectivity index (χ1) is 11.4. The molecule has 1 aromatic carbocycles. The van der Waals surface area contributed by atoms with Crippen LogP contribution in [0.2, 0.25) is 0 Å². The number of carbonyl (C=O) groups is 1. The van der Waals surface area contributed by atoms with E-state index in [-0.39, 0.29) is 18.9 Å². The molecule has 0 atom stereocenters. The van der Waals surface area contributed by atoms with E-state index in [1.54, 1.807) is 24.5 Å². The Bertz CT molecular complexity index is 774. The lowest BCUT2D eigenvalue weighted by atomic mass is 10.2. The molecule has 6 nitrogen and oxygen atoms in total. The fraction of sp³-hybridized carbons (Fsp3) is 0.294. The molecule has 128 valence electrons. The first-order valence-corrected chi connectivity index (χ1v) is 9.41. The van der Waals surface area contributed by atoms with Crippen LogP contribution in [0, 0.1) is 6.92 Å². The summed E-state index contributed by atoms with van der Waals surface area (Å²) in [5, 5.41) is 2.78. The second-order valence-electron chi connectivity index (χ2n) is 5.55. The van der Waals surface area contributed by atoms with Gasteiger partial charge in [-0.15, -0.1) is 0 Å². The Morgan fingerprint density at radius 2 is 1.75 bits per heavy atom. The molecule has 1 aromatic heterocycles. The number of anilines is 1. The summed E-state index contributed by atoms with van der Waals surface area (Å²) in [6.45, 7) is 2.43. The number of aromatic nitrogens is 1. The number of benzene rings is 1. The van der Waals surface area contributed by atoms with E-state index in [0.29, 0.717) is 12.2 Å². The van der Waals surface area contributed by atoms with Gasteiger partial charge in [-0.3, -0.25) is 14.1 Å². The minimum atomic E-state index is -3.45. The Balaban J connectivity index is 1.95. The Labute approximate surface area is 142 Å². The van der Waals surface area contributed by atoms with Crippen molar-refractivity contribution in [1.29, 1.82) is 0 Å². The molecule has 0 saturated carbocycles. The number of carbonyl (C=O) groups excluding carboxylic acids is 1. The third-order valence-electron chi connectivity index (χ3n) is 3.50. The summed E-state index contributed by atoms with van der Waals surface area (Å²) in [7, 11) is -3.45. The predicted octanol–water partition coefficient (Wildman–Crippen LogP) is 1.86. The van der Waals surface area contributed by atoms with E-state index in [4.69, 9.17) is 0 Å². The van der Waals surface area contributed by atoms with Crippen molar-refractivity contribution in [2.24, 2.45) is 0 Å². The molecule has 24 heavy (non-hydrogen) atoms. The lowest BCUT2D eigenvalue weighted by Gasteiger charge is -2.22. The third-order valence-corrected chi connectivity index (χ3v) is 4.70. The largest absolute Gasteiger partial charge is 0.352 e. The van der Waals surface area contributed by atoms with Crippen molar-refractivity contribution in [2.45, 2.75) is 19.9 Å². The van der Waals surface area contributed by atoms with E-state index in [0.717, 1.165) is 17.4 Å². The molecule has 0 aliphatic carbocycles. The first kappa shape index (κ1) is 17.9. The van der Waals surface area contributed by atoms with Gasteiger partial charge >= 0.3 is 0 Å². The Kier molecular flexibility index (Phi) is 5.92. The average Bonchev–Trinajstić information content (AvgIpc) is 2.54. The number of nitrogens with one attached hydrogen (secondary N) is 1. The SMILES string of the molecule is Cc1ccc(N(CCC(=O)NCc2ccncc2)S(C)(=O)=O)cc1. The van der Waals surface area contributed by atoms with Crippen LogP contribution in [0.5, 0.6) is 0 Å². The zero-order chi connectivity index (χ0) is 17.6. The van der Waals surface area contributed by atoms with Crippen LogP contribution in [0.1, 0.15) is 17.5 Å². The molecule has 0 aliphatic heterocycles. The summed E-state index contributed by atoms with van der Waals surface area (Å²) >= 11 is 0. The second-order valence-corrected chi connectivity index (χ2v) is 7.46. The van der Waals surface area contributed by atoms with Gasteiger partial charge in [0.25, 0.3) is 0 Å². The Morgan fingerprint density at radius 1 is 1.12 bits per heavy atom. The molecule has 0 aliphatic rings. The summed E-state index contributed by atoms with van der Waals surface area (Å²) in [5.74, 6) is -0.201. The number of hydrogen-bond donors (Lipinski definition) is 1. The Morgan fingerprint density at radius 3 is 2.33 bits per heavy atom. The maximum absolute atomic E-state index is 12.0. The van der Waals surface area contributed by atoms with Crippen LogP contribution in [-0.4, -0.2) is 32.1 Å². The molecule has 7 heteroatoms. The lowest BCUT2D eigenvalue weighted by molar-refractivity contribution is -0.121. The van der Waals surface area contributed by atoms with Crippen molar-refractivity contribution in [2.75, 3.05) is 17.1 Å². The highest BCUT2D eigenvalue weighted by Crippen LogP contribution is 2.18. The van der Waals surface area contributed by atoms with Gasteiger partial charge in [0.05, 0.1) is 11.9 Å². The fourth-order valence-electron chi connectivity index (χ4n) is 2.19. The highest BCUT2D eigenvalue weighted by molar-refractivity contribution is 7.92. The van der Waals surface area contributed by atoms with Crippen molar-refractivity contribution in [3.8, 4) is 0 Å². The van der Waals surface area contributed by atoms with Gasteiger partial charge < -0.3 is 5.32 Å². The van der Waals surface area contributed by atoms with Crippen molar-refractivity contribution < 1.29 is 13.2 Å². The predicted molar refractivity (Wildman–Crippen MR) is 94.1 cm³/mol. The van der Waals surface area contributed by atoms with Crippen LogP contribution in [0.4, 0.5) is 5.69 Å². The van der Waals surface area contributed by atoms with E-state index in [2.05, 4.69) is 10.3 Å². The summed E-state index contributed by atoms with van der Waals surface area (Å²) < 4.78 is 25.2. The topological polar surface area (TPSA) is 79.4 Å². The molecular formula is C17H21N3O3S. The third kappa shape index (κ3) is 5.34. The zero-order valence-electron chi connectivity index (χ0n) is 13.8. The molecule has 0 bridgehead atoms. The van der Waals surface area contributed by atoms with Crippen molar-refractivity contribution in [3.63, 3.8) is 0 Å². The van der Waals surface area contributed by atoms with Crippen LogP contribution in [-0.2, 0) is 21.4 Å². The number of sulfonamides is 1.